The Morgan fingerprint density at radius 1 is 0.903 bits per heavy atom. The highest BCUT2D eigenvalue weighted by Gasteiger charge is 2.61. The average molecular weight is 433 g/mol. The third-order valence-corrected chi connectivity index (χ3v) is 11.6. The molecule has 0 heterocycles. The van der Waals surface area contributed by atoms with Gasteiger partial charge in [-0.2, -0.15) is 0 Å². The molecule has 4 fully saturated rings. The predicted molar refractivity (Wildman–Crippen MR) is 130 cm³/mol. The van der Waals surface area contributed by atoms with Crippen molar-refractivity contribution >= 4 is 0 Å². The van der Waals surface area contributed by atoms with Gasteiger partial charge in [0.2, 0.25) is 0 Å². The molecule has 0 bridgehead atoms. The Morgan fingerprint density at radius 3 is 2.32 bits per heavy atom. The fourth-order valence-electron chi connectivity index (χ4n) is 9.81. The summed E-state index contributed by atoms with van der Waals surface area (Å²) in [4.78, 5) is 0. The van der Waals surface area contributed by atoms with Gasteiger partial charge >= 0.3 is 0 Å². The maximum absolute atomic E-state index is 10.7. The molecule has 0 amide bonds. The molecule has 4 aliphatic carbocycles. The molecule has 2 heteroatoms. The van der Waals surface area contributed by atoms with E-state index in [0.717, 1.165) is 67.6 Å². The first-order chi connectivity index (χ1) is 14.4. The van der Waals surface area contributed by atoms with Crippen molar-refractivity contribution in [3.63, 3.8) is 0 Å². The smallest absolute Gasteiger partial charge is 0.0622 e. The van der Waals surface area contributed by atoms with Crippen LogP contribution in [-0.4, -0.2) is 21.4 Å². The standard InChI is InChI=1S/C29H52O2/c1-7-14-26(3,30)15-12-20(2)23-10-11-24-22-9-8-21-19-27(4,31)17-18-28(21,5)25(22)13-16-29(23,24)6/h20-25,30-31H,7-19H2,1-6H3. The molecule has 4 aliphatic rings. The SMILES string of the molecule is CCCC(C)(O)CCC(C)C1CCC2C3CCC4CC(C)(O)CCC4(C)C3CCC12C. The van der Waals surface area contributed by atoms with Crippen LogP contribution in [0.25, 0.3) is 0 Å². The Kier molecular flexibility index (Phi) is 6.44. The lowest BCUT2D eigenvalue weighted by molar-refractivity contribution is -0.148. The van der Waals surface area contributed by atoms with Crippen LogP contribution in [-0.2, 0) is 0 Å². The second-order valence-corrected chi connectivity index (χ2v) is 13.8. The topological polar surface area (TPSA) is 40.5 Å². The molecule has 0 saturated heterocycles. The van der Waals surface area contributed by atoms with E-state index < -0.39 is 11.2 Å². The third-order valence-electron chi connectivity index (χ3n) is 11.6. The monoisotopic (exact) mass is 432 g/mol. The first-order valence-electron chi connectivity index (χ1n) is 13.9. The van der Waals surface area contributed by atoms with Crippen LogP contribution in [0.4, 0.5) is 0 Å². The van der Waals surface area contributed by atoms with E-state index in [1.54, 1.807) is 0 Å². The second-order valence-electron chi connectivity index (χ2n) is 13.8. The zero-order valence-electron chi connectivity index (χ0n) is 21.6. The van der Waals surface area contributed by atoms with Crippen molar-refractivity contribution in [3.8, 4) is 0 Å². The van der Waals surface area contributed by atoms with Gasteiger partial charge in [0.25, 0.3) is 0 Å². The summed E-state index contributed by atoms with van der Waals surface area (Å²) in [6.07, 6.45) is 15.9. The van der Waals surface area contributed by atoms with Gasteiger partial charge in [0.15, 0.2) is 0 Å². The number of rotatable bonds is 6. The zero-order chi connectivity index (χ0) is 22.7. The first kappa shape index (κ1) is 24.1. The molecule has 0 aromatic carbocycles. The molecule has 2 nitrogen and oxygen atoms in total. The summed E-state index contributed by atoms with van der Waals surface area (Å²) >= 11 is 0. The zero-order valence-corrected chi connectivity index (χ0v) is 21.6. The van der Waals surface area contributed by atoms with E-state index in [-0.39, 0.29) is 0 Å². The summed E-state index contributed by atoms with van der Waals surface area (Å²) in [5.74, 6) is 5.03. The van der Waals surface area contributed by atoms with Gasteiger partial charge in [-0.3, -0.25) is 0 Å². The van der Waals surface area contributed by atoms with Crippen LogP contribution in [0.3, 0.4) is 0 Å². The minimum Gasteiger partial charge on any atom is -0.390 e. The molecule has 10 unspecified atom stereocenters. The number of hydrogen-bond donors (Lipinski definition) is 2. The lowest BCUT2D eigenvalue weighted by atomic mass is 9.43. The van der Waals surface area contributed by atoms with E-state index in [4.69, 9.17) is 0 Å². The Labute approximate surface area is 193 Å². The van der Waals surface area contributed by atoms with Crippen molar-refractivity contribution in [1.82, 2.24) is 0 Å². The molecule has 180 valence electrons. The Morgan fingerprint density at radius 2 is 1.61 bits per heavy atom. The van der Waals surface area contributed by atoms with Crippen LogP contribution in [0, 0.1) is 46.3 Å². The lowest BCUT2D eigenvalue weighted by Crippen LogP contribution is -2.55. The third kappa shape index (κ3) is 4.27. The van der Waals surface area contributed by atoms with Crippen molar-refractivity contribution in [2.24, 2.45) is 46.3 Å². The Hall–Kier alpha value is -0.0800. The minimum absolute atomic E-state index is 0.424. The molecule has 0 aliphatic heterocycles. The molecule has 0 aromatic rings. The number of hydrogen-bond acceptors (Lipinski definition) is 2. The number of aliphatic hydroxyl groups is 2. The normalized spacial score (nSPS) is 50.1. The van der Waals surface area contributed by atoms with E-state index in [1.807, 2.05) is 6.92 Å². The highest BCUT2D eigenvalue weighted by Crippen LogP contribution is 2.68. The maximum atomic E-state index is 10.7. The maximum Gasteiger partial charge on any atom is 0.0622 e. The molecular formula is C29H52O2. The van der Waals surface area contributed by atoms with Crippen LogP contribution < -0.4 is 0 Å². The van der Waals surface area contributed by atoms with Gasteiger partial charge in [-0.25, -0.2) is 0 Å². The average Bonchev–Trinajstić information content (AvgIpc) is 3.04. The quantitative estimate of drug-likeness (QED) is 0.460. The van der Waals surface area contributed by atoms with Crippen LogP contribution in [0.2, 0.25) is 0 Å². The Bertz CT molecular complexity index is 639. The number of fused-ring (bicyclic) bond motifs is 5. The fraction of sp³-hybridized carbons (Fsp3) is 1.00. The van der Waals surface area contributed by atoms with Gasteiger partial charge in [-0.05, 0) is 137 Å². The van der Waals surface area contributed by atoms with Gasteiger partial charge in [0.1, 0.15) is 0 Å². The molecule has 2 N–H and O–H groups in total. The fourth-order valence-corrected chi connectivity index (χ4v) is 9.81. The molecule has 31 heavy (non-hydrogen) atoms. The van der Waals surface area contributed by atoms with Crippen LogP contribution in [0.1, 0.15) is 125 Å². The van der Waals surface area contributed by atoms with Gasteiger partial charge in [-0.1, -0.05) is 34.1 Å². The van der Waals surface area contributed by atoms with Crippen LogP contribution in [0.15, 0.2) is 0 Å². The summed E-state index contributed by atoms with van der Waals surface area (Å²) in [6, 6.07) is 0. The van der Waals surface area contributed by atoms with E-state index >= 15 is 0 Å². The molecule has 10 atom stereocenters. The summed E-state index contributed by atoms with van der Waals surface area (Å²) in [5, 5.41) is 21.4. The van der Waals surface area contributed by atoms with Gasteiger partial charge < -0.3 is 10.2 Å². The summed E-state index contributed by atoms with van der Waals surface area (Å²) in [7, 11) is 0. The molecule has 0 radical (unpaired) electrons. The van der Waals surface area contributed by atoms with E-state index in [2.05, 4.69) is 34.6 Å². The first-order valence-corrected chi connectivity index (χ1v) is 13.9. The highest BCUT2D eigenvalue weighted by atomic mass is 16.3. The summed E-state index contributed by atoms with van der Waals surface area (Å²) in [5.41, 5.74) is 0.0808. The molecule has 4 rings (SSSR count). The molecule has 0 spiro atoms. The van der Waals surface area contributed by atoms with Crippen LogP contribution in [0.5, 0.6) is 0 Å². The van der Waals surface area contributed by atoms with Gasteiger partial charge in [-0.15, -0.1) is 0 Å². The molecule has 4 saturated carbocycles. The summed E-state index contributed by atoms with van der Waals surface area (Å²) < 4.78 is 0. The highest BCUT2D eigenvalue weighted by molar-refractivity contribution is 5.10. The van der Waals surface area contributed by atoms with Crippen LogP contribution >= 0.6 is 0 Å². The predicted octanol–water partition coefficient (Wildman–Crippen LogP) is 7.36. The Balaban J connectivity index is 1.45. The van der Waals surface area contributed by atoms with E-state index in [1.165, 1.54) is 51.4 Å². The molecule has 0 aromatic heterocycles. The lowest BCUT2D eigenvalue weighted by Gasteiger charge is -2.62. The van der Waals surface area contributed by atoms with Crippen molar-refractivity contribution in [2.75, 3.05) is 0 Å². The van der Waals surface area contributed by atoms with Gasteiger partial charge in [0, 0.05) is 0 Å². The van der Waals surface area contributed by atoms with Crippen molar-refractivity contribution in [1.29, 1.82) is 0 Å². The van der Waals surface area contributed by atoms with Gasteiger partial charge in [0.05, 0.1) is 11.2 Å². The van der Waals surface area contributed by atoms with Crippen molar-refractivity contribution in [2.45, 2.75) is 136 Å². The second kappa shape index (κ2) is 8.30. The molecular weight excluding hydrogens is 380 g/mol. The summed E-state index contributed by atoms with van der Waals surface area (Å²) in [6.45, 7) is 14.1. The van der Waals surface area contributed by atoms with Crippen molar-refractivity contribution in [3.05, 3.63) is 0 Å². The largest absolute Gasteiger partial charge is 0.390 e. The van der Waals surface area contributed by atoms with E-state index in [0.29, 0.717) is 10.8 Å². The van der Waals surface area contributed by atoms with Crippen molar-refractivity contribution < 1.29 is 10.2 Å². The van der Waals surface area contributed by atoms with E-state index in [9.17, 15) is 10.2 Å². The minimum atomic E-state index is -0.477.